The standard InChI is InChI=1S/C10H4Cl6N2/c11-5-1-2-8(6(12)3-5)18-17-4-7(13)9(14)10(15)16/h1-4H. The fraction of sp³-hybridized carbons (Fsp3) is 0. The van der Waals surface area contributed by atoms with Gasteiger partial charge in [0.1, 0.15) is 10.2 Å². The van der Waals surface area contributed by atoms with Crippen molar-refractivity contribution in [3.8, 4) is 0 Å². The molecule has 0 saturated heterocycles. The Hall–Kier alpha value is 0.0400. The van der Waals surface area contributed by atoms with Crippen LogP contribution in [-0.2, 0) is 0 Å². The highest BCUT2D eigenvalue weighted by Gasteiger charge is 2.03. The molecule has 0 amide bonds. The number of hydrogen-bond acceptors (Lipinski definition) is 2. The van der Waals surface area contributed by atoms with Crippen molar-refractivity contribution in [2.75, 3.05) is 0 Å². The van der Waals surface area contributed by atoms with Crippen molar-refractivity contribution in [3.63, 3.8) is 0 Å². The first-order valence-electron chi connectivity index (χ1n) is 4.34. The van der Waals surface area contributed by atoms with Gasteiger partial charge in [0.2, 0.25) is 0 Å². The first-order valence-corrected chi connectivity index (χ1v) is 6.61. The molecule has 0 aromatic heterocycles. The Morgan fingerprint density at radius 1 is 1.06 bits per heavy atom. The minimum Gasteiger partial charge on any atom is -0.157 e. The Balaban J connectivity index is 2.89. The molecule has 0 bridgehead atoms. The van der Waals surface area contributed by atoms with E-state index in [0.717, 1.165) is 0 Å². The maximum absolute atomic E-state index is 5.89. The predicted molar refractivity (Wildman–Crippen MR) is 79.5 cm³/mol. The smallest absolute Gasteiger partial charge is 0.126 e. The van der Waals surface area contributed by atoms with Crippen LogP contribution >= 0.6 is 69.6 Å². The Morgan fingerprint density at radius 2 is 1.72 bits per heavy atom. The number of azo groups is 1. The summed E-state index contributed by atoms with van der Waals surface area (Å²) in [6.45, 7) is 0. The SMILES string of the molecule is ClC(=CN=Nc1ccc(Cl)cc1Cl)C(Cl)=C(Cl)Cl. The minimum atomic E-state index is -0.155. The van der Waals surface area contributed by atoms with E-state index >= 15 is 0 Å². The summed E-state index contributed by atoms with van der Waals surface area (Å²) in [5.41, 5.74) is 0.443. The largest absolute Gasteiger partial charge is 0.157 e. The molecular formula is C10H4Cl6N2. The van der Waals surface area contributed by atoms with Crippen LogP contribution in [0.5, 0.6) is 0 Å². The van der Waals surface area contributed by atoms with Gasteiger partial charge >= 0.3 is 0 Å². The molecule has 0 unspecified atom stereocenters. The average Bonchev–Trinajstić information content (AvgIpc) is 2.30. The third-order valence-corrected chi connectivity index (χ3v) is 3.51. The second kappa shape index (κ2) is 7.59. The van der Waals surface area contributed by atoms with E-state index in [1.807, 2.05) is 0 Å². The predicted octanol–water partition coefficient (Wildman–Crippen LogP) is 7.04. The molecule has 0 N–H and O–H groups in total. The van der Waals surface area contributed by atoms with Gasteiger partial charge in [-0.15, -0.1) is 5.11 Å². The Bertz CT molecular complexity index is 531. The summed E-state index contributed by atoms with van der Waals surface area (Å²) in [4.78, 5) is 0. The fourth-order valence-corrected chi connectivity index (χ4v) is 1.78. The van der Waals surface area contributed by atoms with E-state index < -0.39 is 0 Å². The molecule has 0 saturated carbocycles. The molecule has 1 aromatic rings. The molecule has 0 aliphatic carbocycles. The van der Waals surface area contributed by atoms with E-state index in [0.29, 0.717) is 15.7 Å². The van der Waals surface area contributed by atoms with Gasteiger partial charge in [0.15, 0.2) is 0 Å². The van der Waals surface area contributed by atoms with Gasteiger partial charge in [-0.05, 0) is 18.2 Å². The lowest BCUT2D eigenvalue weighted by Crippen LogP contribution is -1.72. The molecule has 0 aliphatic rings. The van der Waals surface area contributed by atoms with Gasteiger partial charge in [-0.1, -0.05) is 69.6 Å². The number of nitrogens with zero attached hydrogens (tertiary/aromatic N) is 2. The molecular weight excluding hydrogens is 361 g/mol. The van der Waals surface area contributed by atoms with E-state index in [-0.39, 0.29) is 14.6 Å². The van der Waals surface area contributed by atoms with Crippen LogP contribution in [0.2, 0.25) is 10.0 Å². The number of benzene rings is 1. The van der Waals surface area contributed by atoms with Crippen molar-refractivity contribution < 1.29 is 0 Å². The monoisotopic (exact) mass is 362 g/mol. The molecule has 96 valence electrons. The van der Waals surface area contributed by atoms with Crippen molar-refractivity contribution >= 4 is 75.3 Å². The summed E-state index contributed by atoms with van der Waals surface area (Å²) >= 11 is 33.9. The first-order chi connectivity index (χ1) is 8.41. The molecule has 0 atom stereocenters. The van der Waals surface area contributed by atoms with Crippen molar-refractivity contribution in [2.45, 2.75) is 0 Å². The highest BCUT2D eigenvalue weighted by atomic mass is 35.5. The van der Waals surface area contributed by atoms with Gasteiger partial charge in [-0.2, -0.15) is 5.11 Å². The van der Waals surface area contributed by atoms with Crippen LogP contribution in [0.15, 0.2) is 49.2 Å². The van der Waals surface area contributed by atoms with E-state index in [9.17, 15) is 0 Å². The van der Waals surface area contributed by atoms with Gasteiger partial charge in [-0.3, -0.25) is 0 Å². The van der Waals surface area contributed by atoms with E-state index in [4.69, 9.17) is 69.6 Å². The Labute approximate surface area is 134 Å². The molecule has 18 heavy (non-hydrogen) atoms. The van der Waals surface area contributed by atoms with Gasteiger partial charge in [0, 0.05) is 5.02 Å². The lowest BCUT2D eigenvalue weighted by atomic mass is 10.3. The lowest BCUT2D eigenvalue weighted by molar-refractivity contribution is 1.22. The fourth-order valence-electron chi connectivity index (χ4n) is 0.851. The van der Waals surface area contributed by atoms with Crippen LogP contribution < -0.4 is 0 Å². The number of halogens is 6. The van der Waals surface area contributed by atoms with Crippen LogP contribution in [0.1, 0.15) is 0 Å². The van der Waals surface area contributed by atoms with E-state index in [1.165, 1.54) is 6.20 Å². The molecule has 1 aromatic carbocycles. The molecule has 0 radical (unpaired) electrons. The molecule has 2 nitrogen and oxygen atoms in total. The summed E-state index contributed by atoms with van der Waals surface area (Å²) in [6.07, 6.45) is 1.19. The molecule has 0 fully saturated rings. The maximum Gasteiger partial charge on any atom is 0.126 e. The van der Waals surface area contributed by atoms with E-state index in [1.54, 1.807) is 18.2 Å². The molecule has 0 heterocycles. The quantitative estimate of drug-likeness (QED) is 0.405. The normalized spacial score (nSPS) is 12.0. The zero-order valence-electron chi connectivity index (χ0n) is 8.47. The van der Waals surface area contributed by atoms with Gasteiger partial charge in [-0.25, -0.2) is 0 Å². The molecule has 0 spiro atoms. The van der Waals surface area contributed by atoms with Crippen molar-refractivity contribution in [3.05, 3.63) is 49.0 Å². The van der Waals surface area contributed by atoms with Crippen LogP contribution in [0, 0.1) is 0 Å². The van der Waals surface area contributed by atoms with Crippen molar-refractivity contribution in [1.82, 2.24) is 0 Å². The maximum atomic E-state index is 5.89. The molecule has 8 heteroatoms. The van der Waals surface area contributed by atoms with Gasteiger partial charge < -0.3 is 0 Å². The van der Waals surface area contributed by atoms with Gasteiger partial charge in [0.25, 0.3) is 0 Å². The Morgan fingerprint density at radius 3 is 2.28 bits per heavy atom. The van der Waals surface area contributed by atoms with Crippen molar-refractivity contribution in [1.29, 1.82) is 0 Å². The highest BCUT2D eigenvalue weighted by molar-refractivity contribution is 6.61. The third-order valence-electron chi connectivity index (χ3n) is 1.62. The Kier molecular flexibility index (Phi) is 6.78. The summed E-state index contributed by atoms with van der Waals surface area (Å²) in [5.74, 6) is 0. The second-order valence-electron chi connectivity index (χ2n) is 2.86. The number of allylic oxidation sites excluding steroid dienone is 2. The van der Waals surface area contributed by atoms with Crippen LogP contribution in [-0.4, -0.2) is 0 Å². The minimum absolute atomic E-state index is 0.0128. The molecule has 1 rings (SSSR count). The van der Waals surface area contributed by atoms with Crippen molar-refractivity contribution in [2.24, 2.45) is 10.2 Å². The molecule has 0 aliphatic heterocycles. The number of rotatable bonds is 3. The summed E-state index contributed by atoms with van der Waals surface area (Å²) in [6, 6.07) is 4.79. The van der Waals surface area contributed by atoms with Gasteiger partial charge in [0.05, 0.1) is 21.3 Å². The second-order valence-corrected chi connectivity index (χ2v) is 5.44. The van der Waals surface area contributed by atoms with Crippen LogP contribution in [0.4, 0.5) is 5.69 Å². The van der Waals surface area contributed by atoms with Crippen LogP contribution in [0.3, 0.4) is 0 Å². The average molecular weight is 365 g/mol. The zero-order valence-corrected chi connectivity index (χ0v) is 13.0. The zero-order chi connectivity index (χ0) is 13.7. The summed E-state index contributed by atoms with van der Waals surface area (Å²) < 4.78 is -0.155. The van der Waals surface area contributed by atoms with E-state index in [2.05, 4.69) is 10.2 Å². The van der Waals surface area contributed by atoms with Crippen LogP contribution in [0.25, 0.3) is 0 Å². The first kappa shape index (κ1) is 16.1. The summed E-state index contributed by atoms with van der Waals surface area (Å²) in [5, 5.41) is 8.46. The topological polar surface area (TPSA) is 24.7 Å². The third kappa shape index (κ3) is 4.96. The lowest BCUT2D eigenvalue weighted by Gasteiger charge is -1.96. The number of hydrogen-bond donors (Lipinski definition) is 0. The highest BCUT2D eigenvalue weighted by Crippen LogP contribution is 2.30. The summed E-state index contributed by atoms with van der Waals surface area (Å²) in [7, 11) is 0.